The van der Waals surface area contributed by atoms with E-state index < -0.39 is 0 Å². The van der Waals surface area contributed by atoms with Crippen LogP contribution < -0.4 is 10.1 Å². The number of hydrogen-bond donors (Lipinski definition) is 1. The number of carbonyl (C=O) groups excluding carboxylic acids is 1. The van der Waals surface area contributed by atoms with Gasteiger partial charge in [-0.1, -0.05) is 42.5 Å². The third-order valence-corrected chi connectivity index (χ3v) is 4.98. The molecule has 5 heteroatoms. The Balaban J connectivity index is 1.89. The van der Waals surface area contributed by atoms with Gasteiger partial charge in [0.15, 0.2) is 0 Å². The van der Waals surface area contributed by atoms with E-state index in [1.807, 2.05) is 79.9 Å². The molecule has 1 aromatic heterocycles. The number of amides is 1. The summed E-state index contributed by atoms with van der Waals surface area (Å²) in [6, 6.07) is 17.1. The number of hydrogen-bond acceptors (Lipinski definition) is 4. The maximum Gasteiger partial charge on any atom is 0.252 e. The predicted molar refractivity (Wildman–Crippen MR) is 111 cm³/mol. The van der Waals surface area contributed by atoms with Crippen molar-refractivity contribution in [3.8, 4) is 5.75 Å². The van der Waals surface area contributed by atoms with Crippen molar-refractivity contribution in [2.45, 2.75) is 19.9 Å². The van der Waals surface area contributed by atoms with Gasteiger partial charge in [-0.2, -0.15) is 0 Å². The van der Waals surface area contributed by atoms with Gasteiger partial charge in [0.2, 0.25) is 0 Å². The highest BCUT2D eigenvalue weighted by Gasteiger charge is 2.17. The molecule has 1 N–H and O–H groups in total. The predicted octanol–water partition coefficient (Wildman–Crippen LogP) is 4.88. The number of benzene rings is 2. The Hall–Kier alpha value is -2.92. The SMILES string of the molecule is COc1ccc(/C=C(/C(=O)NC(C)c2csc(C)n2)c2ccccc2)cc1. The summed E-state index contributed by atoms with van der Waals surface area (Å²) in [4.78, 5) is 17.5. The first kappa shape index (κ1) is 18.9. The van der Waals surface area contributed by atoms with Gasteiger partial charge in [-0.25, -0.2) is 4.98 Å². The minimum atomic E-state index is -0.162. The van der Waals surface area contributed by atoms with Gasteiger partial charge in [-0.05, 0) is 43.2 Å². The fourth-order valence-corrected chi connectivity index (χ4v) is 3.40. The molecule has 4 nitrogen and oxygen atoms in total. The van der Waals surface area contributed by atoms with Crippen LogP contribution in [0, 0.1) is 6.92 Å². The Labute approximate surface area is 163 Å². The average molecular weight is 378 g/mol. The fourth-order valence-electron chi connectivity index (χ4n) is 2.69. The van der Waals surface area contributed by atoms with Crippen molar-refractivity contribution in [3.63, 3.8) is 0 Å². The molecule has 0 spiro atoms. The highest BCUT2D eigenvalue weighted by atomic mass is 32.1. The second-order valence-corrected chi connectivity index (χ2v) is 7.25. The van der Waals surface area contributed by atoms with Crippen LogP contribution >= 0.6 is 11.3 Å². The quantitative estimate of drug-likeness (QED) is 0.491. The normalized spacial score (nSPS) is 12.5. The summed E-state index contributed by atoms with van der Waals surface area (Å²) in [5.41, 5.74) is 3.29. The van der Waals surface area contributed by atoms with Gasteiger partial charge in [0, 0.05) is 11.0 Å². The number of methoxy groups -OCH3 is 1. The minimum absolute atomic E-state index is 0.129. The lowest BCUT2D eigenvalue weighted by atomic mass is 10.0. The van der Waals surface area contributed by atoms with Gasteiger partial charge in [0.1, 0.15) is 5.75 Å². The highest BCUT2D eigenvalue weighted by molar-refractivity contribution is 7.09. The number of aryl methyl sites for hydroxylation is 1. The average Bonchev–Trinajstić information content (AvgIpc) is 3.13. The molecule has 0 bridgehead atoms. The smallest absolute Gasteiger partial charge is 0.252 e. The summed E-state index contributed by atoms with van der Waals surface area (Å²) in [6.45, 7) is 3.91. The van der Waals surface area contributed by atoms with Gasteiger partial charge in [-0.3, -0.25) is 4.79 Å². The maximum absolute atomic E-state index is 13.0. The van der Waals surface area contributed by atoms with Crippen LogP contribution in [0.15, 0.2) is 60.0 Å². The summed E-state index contributed by atoms with van der Waals surface area (Å²) in [6.07, 6.45) is 1.89. The van der Waals surface area contributed by atoms with E-state index in [4.69, 9.17) is 4.74 Å². The summed E-state index contributed by atoms with van der Waals surface area (Å²) in [5.74, 6) is 0.653. The van der Waals surface area contributed by atoms with Crippen LogP contribution in [-0.2, 0) is 4.79 Å². The number of ether oxygens (including phenoxy) is 1. The van der Waals surface area contributed by atoms with Crippen LogP contribution in [0.1, 0.15) is 34.8 Å². The lowest BCUT2D eigenvalue weighted by molar-refractivity contribution is -0.116. The fraction of sp³-hybridized carbons (Fsp3) is 0.182. The van der Waals surface area contributed by atoms with Gasteiger partial charge in [-0.15, -0.1) is 11.3 Å². The van der Waals surface area contributed by atoms with Gasteiger partial charge in [0.05, 0.1) is 23.9 Å². The zero-order valence-corrected chi connectivity index (χ0v) is 16.4. The zero-order chi connectivity index (χ0) is 19.2. The summed E-state index contributed by atoms with van der Waals surface area (Å²) in [7, 11) is 1.63. The number of thiazole rings is 1. The Kier molecular flexibility index (Phi) is 6.04. The first-order valence-corrected chi connectivity index (χ1v) is 9.59. The van der Waals surface area contributed by atoms with Crippen LogP contribution in [0.3, 0.4) is 0 Å². The standard InChI is InChI=1S/C22H22N2O2S/c1-15(21-14-27-16(2)24-21)23-22(25)20(18-7-5-4-6-8-18)13-17-9-11-19(26-3)12-10-17/h4-15H,1-3H3,(H,23,25)/b20-13+. The Bertz CT molecular complexity index is 930. The largest absolute Gasteiger partial charge is 0.497 e. The van der Waals surface area contributed by atoms with E-state index in [1.54, 1.807) is 18.4 Å². The van der Waals surface area contributed by atoms with E-state index in [0.717, 1.165) is 27.6 Å². The maximum atomic E-state index is 13.0. The second-order valence-electron chi connectivity index (χ2n) is 6.18. The van der Waals surface area contributed by atoms with E-state index in [2.05, 4.69) is 10.3 Å². The van der Waals surface area contributed by atoms with Crippen LogP contribution in [0.2, 0.25) is 0 Å². The molecule has 0 radical (unpaired) electrons. The Morgan fingerprint density at radius 1 is 1.15 bits per heavy atom. The van der Waals surface area contributed by atoms with E-state index in [-0.39, 0.29) is 11.9 Å². The van der Waals surface area contributed by atoms with Crippen LogP contribution in [-0.4, -0.2) is 18.0 Å². The topological polar surface area (TPSA) is 51.2 Å². The summed E-state index contributed by atoms with van der Waals surface area (Å²) >= 11 is 1.58. The minimum Gasteiger partial charge on any atom is -0.497 e. The molecule has 0 fully saturated rings. The van der Waals surface area contributed by atoms with Crippen molar-refractivity contribution in [1.29, 1.82) is 0 Å². The van der Waals surface area contributed by atoms with E-state index in [1.165, 1.54) is 0 Å². The number of nitrogens with one attached hydrogen (secondary N) is 1. The number of aromatic nitrogens is 1. The third-order valence-electron chi connectivity index (χ3n) is 4.18. The number of rotatable bonds is 6. The molecule has 2 aromatic carbocycles. The molecule has 0 aliphatic rings. The molecule has 27 heavy (non-hydrogen) atoms. The van der Waals surface area contributed by atoms with Crippen molar-refractivity contribution >= 4 is 28.9 Å². The van der Waals surface area contributed by atoms with Gasteiger partial charge >= 0.3 is 0 Å². The molecular formula is C22H22N2O2S. The van der Waals surface area contributed by atoms with Crippen molar-refractivity contribution in [2.75, 3.05) is 7.11 Å². The molecule has 3 aromatic rings. The van der Waals surface area contributed by atoms with Gasteiger partial charge < -0.3 is 10.1 Å². The Morgan fingerprint density at radius 2 is 1.85 bits per heavy atom. The van der Waals surface area contributed by atoms with Crippen molar-refractivity contribution in [1.82, 2.24) is 10.3 Å². The second kappa shape index (κ2) is 8.64. The molecule has 1 atom stereocenters. The molecule has 0 saturated carbocycles. The van der Waals surface area contributed by atoms with Crippen LogP contribution in [0.4, 0.5) is 0 Å². The molecule has 1 amide bonds. The Morgan fingerprint density at radius 3 is 2.44 bits per heavy atom. The van der Waals surface area contributed by atoms with Gasteiger partial charge in [0.25, 0.3) is 5.91 Å². The molecule has 1 heterocycles. The molecular weight excluding hydrogens is 356 g/mol. The molecule has 0 aliphatic carbocycles. The molecule has 0 aliphatic heterocycles. The molecule has 138 valence electrons. The monoisotopic (exact) mass is 378 g/mol. The van der Waals surface area contributed by atoms with Crippen LogP contribution in [0.25, 0.3) is 11.6 Å². The molecule has 1 unspecified atom stereocenters. The highest BCUT2D eigenvalue weighted by Crippen LogP contribution is 2.22. The van der Waals surface area contributed by atoms with Crippen molar-refractivity contribution in [3.05, 3.63) is 81.8 Å². The van der Waals surface area contributed by atoms with E-state index in [9.17, 15) is 4.79 Å². The summed E-state index contributed by atoms with van der Waals surface area (Å²) < 4.78 is 5.20. The lowest BCUT2D eigenvalue weighted by Crippen LogP contribution is -2.27. The molecule has 0 saturated heterocycles. The number of carbonyl (C=O) groups is 1. The molecule has 3 rings (SSSR count). The van der Waals surface area contributed by atoms with Crippen LogP contribution in [0.5, 0.6) is 5.75 Å². The van der Waals surface area contributed by atoms with Crippen molar-refractivity contribution in [2.24, 2.45) is 0 Å². The van der Waals surface area contributed by atoms with E-state index in [0.29, 0.717) is 5.57 Å². The number of nitrogens with zero attached hydrogens (tertiary/aromatic N) is 1. The lowest BCUT2D eigenvalue weighted by Gasteiger charge is -2.14. The summed E-state index contributed by atoms with van der Waals surface area (Å²) in [5, 5.41) is 6.03. The van der Waals surface area contributed by atoms with Crippen molar-refractivity contribution < 1.29 is 9.53 Å². The zero-order valence-electron chi connectivity index (χ0n) is 15.6. The first-order valence-electron chi connectivity index (χ1n) is 8.71. The third kappa shape index (κ3) is 4.83. The first-order chi connectivity index (χ1) is 13.1. The van der Waals surface area contributed by atoms with E-state index >= 15 is 0 Å².